The highest BCUT2D eigenvalue weighted by Gasteiger charge is 2.26. The summed E-state index contributed by atoms with van der Waals surface area (Å²) >= 11 is 0. The van der Waals surface area contributed by atoms with Crippen molar-refractivity contribution < 1.29 is 34.1 Å². The summed E-state index contributed by atoms with van der Waals surface area (Å²) in [4.78, 5) is 39.1. The fourth-order valence-corrected chi connectivity index (χ4v) is 3.68. The molecule has 0 radical (unpaired) electrons. The van der Waals surface area contributed by atoms with Gasteiger partial charge in [-0.3, -0.25) is 4.79 Å². The van der Waals surface area contributed by atoms with Crippen LogP contribution in [0.5, 0.6) is 0 Å². The smallest absolute Gasteiger partial charge is 0.334 e. The Morgan fingerprint density at radius 2 is 1.58 bits per heavy atom. The van der Waals surface area contributed by atoms with Crippen molar-refractivity contribution in [2.24, 2.45) is 5.92 Å². The summed E-state index contributed by atoms with van der Waals surface area (Å²) in [7, 11) is 0. The molecule has 0 aromatic heterocycles. The van der Waals surface area contributed by atoms with Crippen molar-refractivity contribution in [3.63, 3.8) is 0 Å². The number of unbranched alkanes of at least 4 members (excludes halogenated alkanes) is 1. The standard InChI is InChI=1S/C27H35NO8/c1-27(2,3)36-25(30)19-21(18-24(29)26(31)34-15-7-8-16-35-28(32)33)17-20-11-13-23(14-12-20)22-9-5-4-6-10-22/h4-6,9-14,21,24,29H,7-8,15-19H2,1-3H3/t21-,24-/m1/s1. The van der Waals surface area contributed by atoms with E-state index in [2.05, 4.69) is 4.84 Å². The predicted octanol–water partition coefficient (Wildman–Crippen LogP) is 4.53. The largest absolute Gasteiger partial charge is 0.464 e. The number of benzene rings is 2. The predicted molar refractivity (Wildman–Crippen MR) is 133 cm³/mol. The number of hydrogen-bond acceptors (Lipinski definition) is 8. The summed E-state index contributed by atoms with van der Waals surface area (Å²) < 4.78 is 10.5. The number of rotatable bonds is 14. The van der Waals surface area contributed by atoms with Gasteiger partial charge in [0.1, 0.15) is 5.60 Å². The van der Waals surface area contributed by atoms with Crippen LogP contribution in [0, 0.1) is 16.0 Å². The molecular weight excluding hydrogens is 466 g/mol. The van der Waals surface area contributed by atoms with E-state index >= 15 is 0 Å². The zero-order chi connectivity index (χ0) is 26.6. The van der Waals surface area contributed by atoms with Gasteiger partial charge in [0, 0.05) is 6.42 Å². The molecule has 1 N–H and O–H groups in total. The van der Waals surface area contributed by atoms with E-state index in [0.717, 1.165) is 16.7 Å². The molecule has 0 spiro atoms. The Hall–Kier alpha value is -3.46. The van der Waals surface area contributed by atoms with Crippen molar-refractivity contribution in [2.45, 2.75) is 64.6 Å². The molecule has 0 saturated heterocycles. The summed E-state index contributed by atoms with van der Waals surface area (Å²) in [5.74, 6) is -1.54. The number of hydrogen-bond donors (Lipinski definition) is 1. The molecule has 0 aliphatic rings. The van der Waals surface area contributed by atoms with Gasteiger partial charge in [0.05, 0.1) is 13.2 Å². The Morgan fingerprint density at radius 3 is 2.19 bits per heavy atom. The van der Waals surface area contributed by atoms with Crippen LogP contribution in [0.15, 0.2) is 54.6 Å². The van der Waals surface area contributed by atoms with Gasteiger partial charge in [-0.25, -0.2) is 4.79 Å². The SMILES string of the molecule is CC(C)(C)OC(=O)C[C@H](Cc1ccc(-c2ccccc2)cc1)C[C@@H](O)C(=O)OCCCCO[N+](=O)[O-]. The first-order chi connectivity index (χ1) is 17.0. The third-order valence-electron chi connectivity index (χ3n) is 5.27. The third-order valence-corrected chi connectivity index (χ3v) is 5.27. The van der Waals surface area contributed by atoms with Crippen molar-refractivity contribution in [1.29, 1.82) is 0 Å². The molecule has 9 nitrogen and oxygen atoms in total. The molecule has 9 heteroatoms. The quantitative estimate of drug-likeness (QED) is 0.173. The minimum absolute atomic E-state index is 0.00858. The van der Waals surface area contributed by atoms with Crippen molar-refractivity contribution in [1.82, 2.24) is 0 Å². The molecule has 0 unspecified atom stereocenters. The summed E-state index contributed by atoms with van der Waals surface area (Å²) in [6.45, 7) is 5.27. The monoisotopic (exact) mass is 501 g/mol. The molecule has 0 heterocycles. The van der Waals surface area contributed by atoms with Gasteiger partial charge in [0.2, 0.25) is 0 Å². The molecule has 0 aliphatic heterocycles. The van der Waals surface area contributed by atoms with E-state index in [1.807, 2.05) is 54.6 Å². The highest BCUT2D eigenvalue weighted by molar-refractivity contribution is 5.75. The average Bonchev–Trinajstić information content (AvgIpc) is 2.80. The van der Waals surface area contributed by atoms with Gasteiger partial charge in [-0.05, 0) is 69.1 Å². The molecule has 0 amide bonds. The van der Waals surface area contributed by atoms with Crippen LogP contribution in [0.1, 0.15) is 52.0 Å². The first-order valence-electron chi connectivity index (χ1n) is 12.0. The molecule has 2 rings (SSSR count). The number of aliphatic hydroxyl groups is 1. The van der Waals surface area contributed by atoms with E-state index in [1.54, 1.807) is 20.8 Å². The maximum atomic E-state index is 12.5. The van der Waals surface area contributed by atoms with Crippen molar-refractivity contribution in [3.8, 4) is 11.1 Å². The molecule has 0 bridgehead atoms. The van der Waals surface area contributed by atoms with E-state index in [0.29, 0.717) is 19.3 Å². The Morgan fingerprint density at radius 1 is 0.972 bits per heavy atom. The molecule has 36 heavy (non-hydrogen) atoms. The Labute approximate surface area is 211 Å². The van der Waals surface area contributed by atoms with Gasteiger partial charge in [-0.2, -0.15) is 0 Å². The lowest BCUT2D eigenvalue weighted by molar-refractivity contribution is -0.757. The average molecular weight is 502 g/mol. The van der Waals surface area contributed by atoms with Crippen LogP contribution in [0.25, 0.3) is 11.1 Å². The minimum atomic E-state index is -1.41. The van der Waals surface area contributed by atoms with Crippen LogP contribution in [0.3, 0.4) is 0 Å². The number of carbonyl (C=O) groups is 2. The van der Waals surface area contributed by atoms with Gasteiger partial charge in [0.25, 0.3) is 5.09 Å². The van der Waals surface area contributed by atoms with Crippen LogP contribution in [0.2, 0.25) is 0 Å². The Bertz CT molecular complexity index is 970. The van der Waals surface area contributed by atoms with E-state index in [1.165, 1.54) is 0 Å². The normalized spacial score (nSPS) is 12.9. The van der Waals surface area contributed by atoms with Crippen LogP contribution >= 0.6 is 0 Å². The van der Waals surface area contributed by atoms with E-state index in [9.17, 15) is 24.8 Å². The van der Waals surface area contributed by atoms with E-state index in [-0.39, 0.29) is 32.0 Å². The second-order valence-corrected chi connectivity index (χ2v) is 9.61. The topological polar surface area (TPSA) is 125 Å². The summed E-state index contributed by atoms with van der Waals surface area (Å²) in [5, 5.41) is 19.7. The van der Waals surface area contributed by atoms with Crippen LogP contribution in [0.4, 0.5) is 0 Å². The maximum Gasteiger partial charge on any atom is 0.334 e. The molecule has 0 aliphatic carbocycles. The summed E-state index contributed by atoms with van der Waals surface area (Å²) in [5.41, 5.74) is 2.48. The molecule has 2 atom stereocenters. The second-order valence-electron chi connectivity index (χ2n) is 9.61. The Kier molecular flexibility index (Phi) is 11.3. The van der Waals surface area contributed by atoms with Crippen LogP contribution in [-0.2, 0) is 30.3 Å². The van der Waals surface area contributed by atoms with Crippen molar-refractivity contribution in [3.05, 3.63) is 70.3 Å². The zero-order valence-corrected chi connectivity index (χ0v) is 21.1. The van der Waals surface area contributed by atoms with Gasteiger partial charge in [-0.15, -0.1) is 10.1 Å². The lowest BCUT2D eigenvalue weighted by Crippen LogP contribution is -2.30. The molecular formula is C27H35NO8. The van der Waals surface area contributed by atoms with Gasteiger partial charge >= 0.3 is 11.9 Å². The van der Waals surface area contributed by atoms with Crippen LogP contribution < -0.4 is 0 Å². The molecule has 0 fully saturated rings. The molecule has 2 aromatic rings. The van der Waals surface area contributed by atoms with Crippen molar-refractivity contribution in [2.75, 3.05) is 13.2 Å². The maximum absolute atomic E-state index is 12.5. The fourth-order valence-electron chi connectivity index (χ4n) is 3.68. The second kappa shape index (κ2) is 14.2. The van der Waals surface area contributed by atoms with E-state index in [4.69, 9.17) is 9.47 Å². The first kappa shape index (κ1) is 28.8. The highest BCUT2D eigenvalue weighted by atomic mass is 16.9. The number of ether oxygens (including phenoxy) is 2. The minimum Gasteiger partial charge on any atom is -0.464 e. The highest BCUT2D eigenvalue weighted by Crippen LogP contribution is 2.24. The first-order valence-corrected chi connectivity index (χ1v) is 12.0. The molecule has 196 valence electrons. The summed E-state index contributed by atoms with van der Waals surface area (Å²) in [6, 6.07) is 17.9. The lowest BCUT2D eigenvalue weighted by atomic mass is 9.90. The lowest BCUT2D eigenvalue weighted by Gasteiger charge is -2.23. The summed E-state index contributed by atoms with van der Waals surface area (Å²) in [6.07, 6.45) is -0.164. The van der Waals surface area contributed by atoms with Gasteiger partial charge < -0.3 is 19.4 Å². The number of carbonyl (C=O) groups excluding carboxylic acids is 2. The van der Waals surface area contributed by atoms with Crippen molar-refractivity contribution >= 4 is 11.9 Å². The molecule has 2 aromatic carbocycles. The zero-order valence-electron chi connectivity index (χ0n) is 21.1. The van der Waals surface area contributed by atoms with E-state index < -0.39 is 28.7 Å². The number of esters is 2. The van der Waals surface area contributed by atoms with Crippen LogP contribution in [-0.4, -0.2) is 47.1 Å². The molecule has 0 saturated carbocycles. The fraction of sp³-hybridized carbons (Fsp3) is 0.481. The van der Waals surface area contributed by atoms with Gasteiger partial charge in [0.15, 0.2) is 6.10 Å². The number of aliphatic hydroxyl groups excluding tert-OH is 1. The van der Waals surface area contributed by atoms with Gasteiger partial charge in [-0.1, -0.05) is 54.6 Å². The number of nitrogens with zero attached hydrogens (tertiary/aromatic N) is 1. The third kappa shape index (κ3) is 11.3. The Balaban J connectivity index is 1.97.